The summed E-state index contributed by atoms with van der Waals surface area (Å²) in [5.74, 6) is 1.03. The van der Waals surface area contributed by atoms with Crippen molar-refractivity contribution in [3.05, 3.63) is 0 Å². The lowest BCUT2D eigenvalue weighted by Gasteiger charge is -2.42. The monoisotopic (exact) mass is 323 g/mol. The molecule has 1 amide bonds. The number of fused-ring (bicyclic) bond motifs is 1. The quantitative estimate of drug-likeness (QED) is 0.816. The van der Waals surface area contributed by atoms with Gasteiger partial charge in [-0.05, 0) is 38.5 Å². The normalized spacial score (nSPS) is 36.7. The lowest BCUT2D eigenvalue weighted by atomic mass is 9.85. The zero-order valence-electron chi connectivity index (χ0n) is 14.7. The Labute approximate surface area is 140 Å². The van der Waals surface area contributed by atoms with Gasteiger partial charge in [0.05, 0.1) is 12.1 Å². The van der Waals surface area contributed by atoms with Gasteiger partial charge in [0.25, 0.3) is 0 Å². The van der Waals surface area contributed by atoms with Gasteiger partial charge in [-0.15, -0.1) is 0 Å². The van der Waals surface area contributed by atoms with Crippen molar-refractivity contribution in [2.24, 2.45) is 5.92 Å². The molecule has 2 N–H and O–H groups in total. The fourth-order valence-corrected chi connectivity index (χ4v) is 4.79. The van der Waals surface area contributed by atoms with Gasteiger partial charge in [-0.3, -0.25) is 9.69 Å². The summed E-state index contributed by atoms with van der Waals surface area (Å²) in [6.07, 6.45) is 6.94. The highest BCUT2D eigenvalue weighted by atomic mass is 16.3. The van der Waals surface area contributed by atoms with E-state index in [0.29, 0.717) is 24.5 Å². The minimum Gasteiger partial charge on any atom is -0.392 e. The Hall–Kier alpha value is -0.650. The zero-order chi connectivity index (χ0) is 16.4. The molecule has 1 saturated carbocycles. The van der Waals surface area contributed by atoms with Crippen LogP contribution in [0.3, 0.4) is 0 Å². The Morgan fingerprint density at radius 2 is 2.09 bits per heavy atom. The van der Waals surface area contributed by atoms with Crippen LogP contribution in [0, 0.1) is 5.92 Å². The first kappa shape index (κ1) is 17.2. The van der Waals surface area contributed by atoms with Crippen molar-refractivity contribution < 1.29 is 9.90 Å². The summed E-state index contributed by atoms with van der Waals surface area (Å²) in [6.45, 7) is 7.23. The number of β-amino-alcohol motifs (C(OH)–C–C–N with tert-alkyl or cyclic N) is 1. The van der Waals surface area contributed by atoms with Gasteiger partial charge >= 0.3 is 0 Å². The van der Waals surface area contributed by atoms with Crippen LogP contribution in [0.25, 0.3) is 0 Å². The van der Waals surface area contributed by atoms with E-state index in [9.17, 15) is 9.90 Å². The Balaban J connectivity index is 1.56. The molecule has 5 nitrogen and oxygen atoms in total. The number of aliphatic hydroxyl groups excluding tert-OH is 1. The maximum absolute atomic E-state index is 12.9. The summed E-state index contributed by atoms with van der Waals surface area (Å²) in [5.41, 5.74) is 0. The first-order valence-corrected chi connectivity index (χ1v) is 9.55. The smallest absolute Gasteiger partial charge is 0.239 e. The summed E-state index contributed by atoms with van der Waals surface area (Å²) in [7, 11) is 0. The molecule has 0 aromatic carbocycles. The van der Waals surface area contributed by atoms with Gasteiger partial charge in [0.2, 0.25) is 5.91 Å². The molecule has 132 valence electrons. The van der Waals surface area contributed by atoms with E-state index in [1.165, 1.54) is 25.7 Å². The van der Waals surface area contributed by atoms with Gasteiger partial charge in [-0.2, -0.15) is 0 Å². The maximum atomic E-state index is 12.9. The molecule has 5 unspecified atom stereocenters. The van der Waals surface area contributed by atoms with Crippen molar-refractivity contribution >= 4 is 5.91 Å². The molecular formula is C18H33N3O2. The largest absolute Gasteiger partial charge is 0.392 e. The second-order valence-corrected chi connectivity index (χ2v) is 7.80. The molecule has 5 atom stereocenters. The number of hydrogen-bond donors (Lipinski definition) is 2. The topological polar surface area (TPSA) is 55.8 Å². The number of aliphatic hydroxyl groups is 1. The summed E-state index contributed by atoms with van der Waals surface area (Å²) in [6, 6.07) is 1.01. The molecule has 2 heterocycles. The number of carbonyl (C=O) groups excluding carboxylic acids is 1. The van der Waals surface area contributed by atoms with Crippen LogP contribution in [-0.4, -0.2) is 71.2 Å². The number of piperazine rings is 1. The second kappa shape index (κ2) is 7.49. The number of hydrogen-bond acceptors (Lipinski definition) is 4. The van der Waals surface area contributed by atoms with E-state index in [1.54, 1.807) is 0 Å². The average molecular weight is 323 g/mol. The second-order valence-electron chi connectivity index (χ2n) is 7.80. The van der Waals surface area contributed by atoms with E-state index < -0.39 is 0 Å². The summed E-state index contributed by atoms with van der Waals surface area (Å²) in [4.78, 5) is 17.3. The molecule has 2 aliphatic heterocycles. The van der Waals surface area contributed by atoms with Crippen LogP contribution in [0.5, 0.6) is 0 Å². The van der Waals surface area contributed by atoms with Crippen LogP contribution < -0.4 is 5.32 Å². The molecule has 3 aliphatic rings. The Morgan fingerprint density at radius 1 is 1.30 bits per heavy atom. The maximum Gasteiger partial charge on any atom is 0.239 e. The van der Waals surface area contributed by atoms with Gasteiger partial charge in [0.15, 0.2) is 0 Å². The van der Waals surface area contributed by atoms with Crippen molar-refractivity contribution in [3.63, 3.8) is 0 Å². The first-order valence-electron chi connectivity index (χ1n) is 9.55. The molecule has 1 aliphatic carbocycles. The van der Waals surface area contributed by atoms with Crippen LogP contribution in [0.4, 0.5) is 0 Å². The molecule has 0 aromatic rings. The van der Waals surface area contributed by atoms with Crippen LogP contribution in [0.1, 0.15) is 52.4 Å². The van der Waals surface area contributed by atoms with Crippen molar-refractivity contribution in [2.75, 3.05) is 26.2 Å². The lowest BCUT2D eigenvalue weighted by Crippen LogP contribution is -2.58. The van der Waals surface area contributed by atoms with Gasteiger partial charge in [-0.1, -0.05) is 19.8 Å². The number of nitrogens with one attached hydrogen (secondary N) is 1. The molecule has 23 heavy (non-hydrogen) atoms. The van der Waals surface area contributed by atoms with E-state index in [1.807, 2.05) is 6.92 Å². The highest BCUT2D eigenvalue weighted by Crippen LogP contribution is 2.33. The molecular weight excluding hydrogens is 290 g/mol. The molecule has 0 spiro atoms. The van der Waals surface area contributed by atoms with Crippen LogP contribution in [-0.2, 0) is 4.79 Å². The predicted molar refractivity (Wildman–Crippen MR) is 91.2 cm³/mol. The molecule has 3 rings (SSSR count). The number of amides is 1. The zero-order valence-corrected chi connectivity index (χ0v) is 14.7. The highest BCUT2D eigenvalue weighted by Gasteiger charge is 2.41. The molecule has 3 fully saturated rings. The highest BCUT2D eigenvalue weighted by molar-refractivity contribution is 5.82. The Kier molecular flexibility index (Phi) is 5.60. The summed E-state index contributed by atoms with van der Waals surface area (Å²) < 4.78 is 0. The minimum atomic E-state index is -0.300. The van der Waals surface area contributed by atoms with E-state index in [-0.39, 0.29) is 12.1 Å². The fourth-order valence-electron chi connectivity index (χ4n) is 4.79. The Bertz CT molecular complexity index is 401. The Morgan fingerprint density at radius 3 is 2.78 bits per heavy atom. The molecule has 0 bridgehead atoms. The predicted octanol–water partition coefficient (Wildman–Crippen LogP) is 1.21. The molecule has 0 aromatic heterocycles. The van der Waals surface area contributed by atoms with Crippen molar-refractivity contribution in [2.45, 2.75) is 76.6 Å². The molecule has 2 saturated heterocycles. The van der Waals surface area contributed by atoms with Crippen LogP contribution in [0.2, 0.25) is 0 Å². The number of rotatable bonds is 4. The standard InChI is InChI=1S/C18H33N3O2/c1-3-15-12-21(9-8-20(15)11-13(2)22)18(23)17-10-14-6-4-5-7-16(14)19-17/h13-17,19,22H,3-12H2,1-2H3. The first-order chi connectivity index (χ1) is 11.1. The fraction of sp³-hybridized carbons (Fsp3) is 0.944. The molecule has 5 heteroatoms. The van der Waals surface area contributed by atoms with E-state index in [4.69, 9.17) is 0 Å². The van der Waals surface area contributed by atoms with Crippen LogP contribution in [0.15, 0.2) is 0 Å². The van der Waals surface area contributed by atoms with E-state index in [2.05, 4.69) is 22.0 Å². The van der Waals surface area contributed by atoms with Gasteiger partial charge < -0.3 is 15.3 Å². The van der Waals surface area contributed by atoms with Crippen molar-refractivity contribution in [1.29, 1.82) is 0 Å². The third-order valence-electron chi connectivity index (χ3n) is 6.05. The number of carbonyl (C=O) groups is 1. The van der Waals surface area contributed by atoms with E-state index >= 15 is 0 Å². The van der Waals surface area contributed by atoms with Crippen molar-refractivity contribution in [1.82, 2.24) is 15.1 Å². The minimum absolute atomic E-state index is 0.0453. The SMILES string of the molecule is CCC1CN(C(=O)C2CC3CCCCC3N2)CCN1CC(C)O. The summed E-state index contributed by atoms with van der Waals surface area (Å²) >= 11 is 0. The summed E-state index contributed by atoms with van der Waals surface area (Å²) in [5, 5.41) is 13.3. The van der Waals surface area contributed by atoms with Gasteiger partial charge in [0.1, 0.15) is 0 Å². The van der Waals surface area contributed by atoms with Gasteiger partial charge in [-0.25, -0.2) is 0 Å². The van der Waals surface area contributed by atoms with E-state index in [0.717, 1.165) is 38.4 Å². The average Bonchev–Trinajstić information content (AvgIpc) is 2.98. The lowest BCUT2D eigenvalue weighted by molar-refractivity contribution is -0.136. The third-order valence-corrected chi connectivity index (χ3v) is 6.05. The molecule has 0 radical (unpaired) electrons. The third kappa shape index (κ3) is 3.89. The van der Waals surface area contributed by atoms with Crippen molar-refractivity contribution in [3.8, 4) is 0 Å². The van der Waals surface area contributed by atoms with Gasteiger partial charge in [0, 0.05) is 38.3 Å². The number of nitrogens with zero attached hydrogens (tertiary/aromatic N) is 2. The van der Waals surface area contributed by atoms with Crippen LogP contribution >= 0.6 is 0 Å².